The van der Waals surface area contributed by atoms with Crippen molar-refractivity contribution in [3.05, 3.63) is 62.7 Å². The lowest BCUT2D eigenvalue weighted by Gasteiger charge is -2.42. The Balaban J connectivity index is 1.43. The molecule has 1 aliphatic carbocycles. The molecule has 4 heteroatoms. The van der Waals surface area contributed by atoms with Crippen molar-refractivity contribution in [3.63, 3.8) is 0 Å². The highest BCUT2D eigenvalue weighted by atomic mass is 127. The second kappa shape index (κ2) is 7.25. The number of nitrogen functional groups attached to an aromatic ring is 1. The summed E-state index contributed by atoms with van der Waals surface area (Å²) in [5.74, 6) is 0.650. The van der Waals surface area contributed by atoms with Gasteiger partial charge in [-0.2, -0.15) is 0 Å². The van der Waals surface area contributed by atoms with Crippen LogP contribution in [0.1, 0.15) is 35.4 Å². The van der Waals surface area contributed by atoms with Crippen molar-refractivity contribution in [1.82, 2.24) is 4.90 Å². The normalized spacial score (nSPS) is 24.9. The maximum absolute atomic E-state index is 10.7. The van der Waals surface area contributed by atoms with Crippen molar-refractivity contribution in [2.75, 3.05) is 18.8 Å². The van der Waals surface area contributed by atoms with Crippen molar-refractivity contribution >= 4 is 28.3 Å². The van der Waals surface area contributed by atoms with Crippen LogP contribution in [0.15, 0.2) is 42.5 Å². The number of nitrogens with zero attached hydrogens (tertiary/aromatic N) is 1. The summed E-state index contributed by atoms with van der Waals surface area (Å²) in [5.41, 5.74) is 10.8. The number of benzene rings is 2. The van der Waals surface area contributed by atoms with E-state index in [0.29, 0.717) is 12.3 Å². The summed E-state index contributed by atoms with van der Waals surface area (Å²) in [4.78, 5) is 2.50. The van der Waals surface area contributed by atoms with E-state index in [0.717, 1.165) is 30.8 Å². The Morgan fingerprint density at radius 1 is 1.00 bits per heavy atom. The predicted octanol–water partition coefficient (Wildman–Crippen LogP) is 3.58. The first-order valence-corrected chi connectivity index (χ1v) is 10.2. The minimum Gasteiger partial charge on any atom is -0.398 e. The maximum atomic E-state index is 10.7. The van der Waals surface area contributed by atoms with Crippen molar-refractivity contribution in [2.24, 2.45) is 0 Å². The molecule has 0 bridgehead atoms. The van der Waals surface area contributed by atoms with Gasteiger partial charge in [0.15, 0.2) is 0 Å². The van der Waals surface area contributed by atoms with E-state index in [2.05, 4.69) is 57.8 Å². The van der Waals surface area contributed by atoms with Gasteiger partial charge < -0.3 is 10.8 Å². The number of nitrogens with two attached hydrogens (primary N) is 1. The number of halogens is 1. The van der Waals surface area contributed by atoms with Crippen LogP contribution in [-0.4, -0.2) is 35.2 Å². The van der Waals surface area contributed by atoms with E-state index in [1.807, 2.05) is 12.1 Å². The molecule has 3 nitrogen and oxygen atoms in total. The van der Waals surface area contributed by atoms with Gasteiger partial charge in [0.1, 0.15) is 0 Å². The maximum Gasteiger partial charge on any atom is 0.0739 e. The van der Waals surface area contributed by atoms with E-state index in [-0.39, 0.29) is 12.1 Å². The average Bonchev–Trinajstić information content (AvgIpc) is 2.63. The Morgan fingerprint density at radius 2 is 1.72 bits per heavy atom. The van der Waals surface area contributed by atoms with Gasteiger partial charge in [0.25, 0.3) is 0 Å². The van der Waals surface area contributed by atoms with Crippen molar-refractivity contribution in [2.45, 2.75) is 43.7 Å². The highest BCUT2D eigenvalue weighted by molar-refractivity contribution is 14.1. The molecule has 3 N–H and O–H groups in total. The molecule has 0 unspecified atom stereocenters. The fraction of sp³-hybridized carbons (Fsp3) is 0.429. The number of piperidine rings is 1. The van der Waals surface area contributed by atoms with Crippen LogP contribution in [0.25, 0.3) is 0 Å². The average molecular weight is 448 g/mol. The molecule has 0 amide bonds. The minimum absolute atomic E-state index is 0.229. The number of fused-ring (bicyclic) bond motifs is 1. The SMILES string of the molecule is Nc1cccc2c1C[C@@H](O)[C@H](N1CCC(c3ccc(I)cc3)CC1)C2. The first-order valence-electron chi connectivity index (χ1n) is 9.15. The fourth-order valence-electron chi connectivity index (χ4n) is 4.47. The predicted molar refractivity (Wildman–Crippen MR) is 111 cm³/mol. The van der Waals surface area contributed by atoms with Gasteiger partial charge in [0, 0.05) is 21.7 Å². The third kappa shape index (κ3) is 3.57. The molecular weight excluding hydrogens is 423 g/mol. The third-order valence-electron chi connectivity index (χ3n) is 5.94. The first kappa shape index (κ1) is 17.3. The lowest BCUT2D eigenvalue weighted by Crippen LogP contribution is -2.51. The van der Waals surface area contributed by atoms with Gasteiger partial charge in [-0.15, -0.1) is 0 Å². The summed E-state index contributed by atoms with van der Waals surface area (Å²) in [7, 11) is 0. The van der Waals surface area contributed by atoms with E-state index in [4.69, 9.17) is 5.73 Å². The van der Waals surface area contributed by atoms with Crippen LogP contribution in [0.5, 0.6) is 0 Å². The van der Waals surface area contributed by atoms with Gasteiger partial charge in [-0.25, -0.2) is 0 Å². The van der Waals surface area contributed by atoms with Gasteiger partial charge in [-0.3, -0.25) is 4.90 Å². The Kier molecular flexibility index (Phi) is 5.02. The minimum atomic E-state index is -0.313. The van der Waals surface area contributed by atoms with Crippen LogP contribution < -0.4 is 5.73 Å². The zero-order valence-corrected chi connectivity index (χ0v) is 16.5. The summed E-state index contributed by atoms with van der Waals surface area (Å²) in [5, 5.41) is 10.7. The molecule has 1 saturated heterocycles. The molecule has 0 aromatic heterocycles. The van der Waals surface area contributed by atoms with Crippen molar-refractivity contribution < 1.29 is 5.11 Å². The highest BCUT2D eigenvalue weighted by Gasteiger charge is 2.34. The highest BCUT2D eigenvalue weighted by Crippen LogP contribution is 2.33. The Hall–Kier alpha value is -1.11. The Bertz CT molecular complexity index is 738. The number of anilines is 1. The van der Waals surface area contributed by atoms with Gasteiger partial charge in [-0.1, -0.05) is 24.3 Å². The lowest BCUT2D eigenvalue weighted by atomic mass is 9.82. The first-order chi connectivity index (χ1) is 12.1. The molecule has 132 valence electrons. The molecule has 0 radical (unpaired) electrons. The van der Waals surface area contributed by atoms with Crippen LogP contribution in [0.4, 0.5) is 5.69 Å². The molecule has 0 saturated carbocycles. The van der Waals surface area contributed by atoms with Crippen molar-refractivity contribution in [1.29, 1.82) is 0 Å². The quantitative estimate of drug-likeness (QED) is 0.546. The summed E-state index contributed by atoms with van der Waals surface area (Å²) in [6.07, 6.45) is 3.63. The number of rotatable bonds is 2. The number of aliphatic hydroxyl groups is 1. The summed E-state index contributed by atoms with van der Waals surface area (Å²) in [6, 6.07) is 15.3. The molecule has 2 aliphatic rings. The van der Waals surface area contributed by atoms with Gasteiger partial charge >= 0.3 is 0 Å². The van der Waals surface area contributed by atoms with Gasteiger partial charge in [0.2, 0.25) is 0 Å². The zero-order valence-electron chi connectivity index (χ0n) is 14.4. The third-order valence-corrected chi connectivity index (χ3v) is 6.65. The van der Waals surface area contributed by atoms with Crippen LogP contribution in [0.2, 0.25) is 0 Å². The molecule has 2 aromatic rings. The van der Waals surface area contributed by atoms with Crippen LogP contribution in [-0.2, 0) is 12.8 Å². The zero-order chi connectivity index (χ0) is 17.4. The molecule has 25 heavy (non-hydrogen) atoms. The van der Waals surface area contributed by atoms with E-state index >= 15 is 0 Å². The molecule has 1 heterocycles. The lowest BCUT2D eigenvalue weighted by molar-refractivity contribution is 0.0296. The van der Waals surface area contributed by atoms with Gasteiger partial charge in [0.05, 0.1) is 6.10 Å². The molecule has 2 aromatic carbocycles. The van der Waals surface area contributed by atoms with Gasteiger partial charge in [-0.05, 0) is 95.8 Å². The monoisotopic (exact) mass is 448 g/mol. The molecule has 2 atom stereocenters. The topological polar surface area (TPSA) is 49.5 Å². The molecule has 0 spiro atoms. The number of hydrogen-bond acceptors (Lipinski definition) is 3. The van der Waals surface area contributed by atoms with Crippen molar-refractivity contribution in [3.8, 4) is 0 Å². The van der Waals surface area contributed by atoms with Crippen LogP contribution in [0.3, 0.4) is 0 Å². The summed E-state index contributed by atoms with van der Waals surface area (Å²) >= 11 is 2.36. The second-order valence-electron chi connectivity index (χ2n) is 7.39. The van der Waals surface area contributed by atoms with E-state index in [1.54, 1.807) is 0 Å². The molecule has 4 rings (SSSR count). The fourth-order valence-corrected chi connectivity index (χ4v) is 4.83. The molecular formula is C21H25IN2O. The smallest absolute Gasteiger partial charge is 0.0739 e. The largest absolute Gasteiger partial charge is 0.398 e. The van der Waals surface area contributed by atoms with Crippen LogP contribution in [0, 0.1) is 3.57 Å². The van der Waals surface area contributed by atoms with E-state index in [1.165, 1.54) is 27.5 Å². The number of hydrogen-bond donors (Lipinski definition) is 2. The second-order valence-corrected chi connectivity index (χ2v) is 8.64. The van der Waals surface area contributed by atoms with Crippen LogP contribution >= 0.6 is 22.6 Å². The Labute approximate surface area is 163 Å². The molecule has 1 aliphatic heterocycles. The molecule has 1 fully saturated rings. The summed E-state index contributed by atoms with van der Waals surface area (Å²) < 4.78 is 1.29. The standard InChI is InChI=1S/C21H25IN2O/c22-17-6-4-14(5-7-17)15-8-10-24(11-9-15)20-12-16-2-1-3-19(23)18(16)13-21(20)25/h1-7,15,20-21,25H,8-13,23H2/t20-,21-/m1/s1. The Morgan fingerprint density at radius 3 is 2.44 bits per heavy atom. The van der Waals surface area contributed by atoms with E-state index < -0.39 is 0 Å². The number of aliphatic hydroxyl groups excluding tert-OH is 1. The van der Waals surface area contributed by atoms with E-state index in [9.17, 15) is 5.11 Å². The summed E-state index contributed by atoms with van der Waals surface area (Å²) in [6.45, 7) is 2.13. The number of likely N-dealkylation sites (tertiary alicyclic amines) is 1.